The lowest BCUT2D eigenvalue weighted by molar-refractivity contribution is 0.809. The number of nitrogens with two attached hydrogens (primary N) is 1. The molecule has 1 aromatic heterocycles. The average molecular weight is 292 g/mol. The van der Waals surface area contributed by atoms with Crippen molar-refractivity contribution < 1.29 is 0 Å². The van der Waals surface area contributed by atoms with Gasteiger partial charge in [-0.25, -0.2) is 4.98 Å². The van der Waals surface area contributed by atoms with Gasteiger partial charge in [-0.1, -0.05) is 18.2 Å². The van der Waals surface area contributed by atoms with E-state index in [2.05, 4.69) is 38.7 Å². The fraction of sp³-hybridized carbons (Fsp3) is 0.167. The van der Waals surface area contributed by atoms with Crippen LogP contribution < -0.4 is 10.6 Å². The molecule has 0 spiro atoms. The minimum absolute atomic E-state index is 0.720. The standard InChI is InChI=1S/C18H20N4/c1-21(2)16-9-7-14(8-10-16)18-20-11-12-22(18)13-15-5-3-4-6-17(15)19/h3-12H,13,19H2,1-2H3. The van der Waals surface area contributed by atoms with Crippen molar-refractivity contribution in [1.29, 1.82) is 0 Å². The molecule has 22 heavy (non-hydrogen) atoms. The van der Waals surface area contributed by atoms with Crippen molar-refractivity contribution in [1.82, 2.24) is 9.55 Å². The van der Waals surface area contributed by atoms with E-state index in [9.17, 15) is 0 Å². The second-order valence-electron chi connectivity index (χ2n) is 5.52. The number of para-hydroxylation sites is 1. The summed E-state index contributed by atoms with van der Waals surface area (Å²) in [4.78, 5) is 6.58. The summed E-state index contributed by atoms with van der Waals surface area (Å²) in [6.45, 7) is 0.720. The molecule has 0 atom stereocenters. The maximum absolute atomic E-state index is 6.04. The second kappa shape index (κ2) is 5.93. The summed E-state index contributed by atoms with van der Waals surface area (Å²) in [7, 11) is 4.07. The Labute approximate surface area is 130 Å². The zero-order valence-electron chi connectivity index (χ0n) is 12.9. The number of nitrogens with zero attached hydrogens (tertiary/aromatic N) is 3. The monoisotopic (exact) mass is 292 g/mol. The van der Waals surface area contributed by atoms with Crippen LogP contribution >= 0.6 is 0 Å². The van der Waals surface area contributed by atoms with Gasteiger partial charge < -0.3 is 15.2 Å². The molecule has 2 N–H and O–H groups in total. The Morgan fingerprint density at radius 2 is 1.77 bits per heavy atom. The number of imidazole rings is 1. The summed E-state index contributed by atoms with van der Waals surface area (Å²) in [6.07, 6.45) is 3.82. The van der Waals surface area contributed by atoms with E-state index in [4.69, 9.17) is 5.73 Å². The van der Waals surface area contributed by atoms with E-state index >= 15 is 0 Å². The topological polar surface area (TPSA) is 47.1 Å². The summed E-state index contributed by atoms with van der Waals surface area (Å²) in [5, 5.41) is 0. The van der Waals surface area contributed by atoms with Crippen molar-refractivity contribution in [2.45, 2.75) is 6.54 Å². The van der Waals surface area contributed by atoms with Crippen LogP contribution in [-0.2, 0) is 6.54 Å². The summed E-state index contributed by atoms with van der Waals surface area (Å²) in [5.74, 6) is 0.952. The van der Waals surface area contributed by atoms with Crippen LogP contribution in [0.4, 0.5) is 11.4 Å². The highest BCUT2D eigenvalue weighted by molar-refractivity contribution is 5.61. The Morgan fingerprint density at radius 3 is 2.45 bits per heavy atom. The Hall–Kier alpha value is -2.75. The second-order valence-corrected chi connectivity index (χ2v) is 5.52. The van der Waals surface area contributed by atoms with E-state index in [1.807, 2.05) is 50.8 Å². The Morgan fingerprint density at radius 1 is 1.05 bits per heavy atom. The van der Waals surface area contributed by atoms with E-state index < -0.39 is 0 Å². The van der Waals surface area contributed by atoms with Crippen LogP contribution in [0.2, 0.25) is 0 Å². The zero-order chi connectivity index (χ0) is 15.5. The van der Waals surface area contributed by atoms with Crippen LogP contribution in [0.15, 0.2) is 60.9 Å². The highest BCUT2D eigenvalue weighted by Gasteiger charge is 2.08. The summed E-state index contributed by atoms with van der Waals surface area (Å²) >= 11 is 0. The minimum Gasteiger partial charge on any atom is -0.398 e. The van der Waals surface area contributed by atoms with Crippen LogP contribution in [0, 0.1) is 0 Å². The third-order valence-electron chi connectivity index (χ3n) is 3.75. The van der Waals surface area contributed by atoms with Crippen molar-refractivity contribution in [3.05, 3.63) is 66.5 Å². The number of aromatic nitrogens is 2. The van der Waals surface area contributed by atoms with Gasteiger partial charge in [0.1, 0.15) is 5.82 Å². The molecule has 0 bridgehead atoms. The molecular formula is C18H20N4. The largest absolute Gasteiger partial charge is 0.398 e. The van der Waals surface area contributed by atoms with E-state index in [1.165, 1.54) is 5.69 Å². The predicted molar refractivity (Wildman–Crippen MR) is 91.9 cm³/mol. The number of anilines is 2. The molecule has 0 aliphatic heterocycles. The molecular weight excluding hydrogens is 272 g/mol. The maximum atomic E-state index is 6.04. The molecule has 4 nitrogen and oxygen atoms in total. The fourth-order valence-electron chi connectivity index (χ4n) is 2.47. The van der Waals surface area contributed by atoms with Gasteiger partial charge in [-0.15, -0.1) is 0 Å². The van der Waals surface area contributed by atoms with Crippen molar-refractivity contribution >= 4 is 11.4 Å². The van der Waals surface area contributed by atoms with Gasteiger partial charge in [0.15, 0.2) is 0 Å². The van der Waals surface area contributed by atoms with Crippen LogP contribution in [0.5, 0.6) is 0 Å². The van der Waals surface area contributed by atoms with Crippen molar-refractivity contribution in [3.63, 3.8) is 0 Å². The van der Waals surface area contributed by atoms with Gasteiger partial charge in [0.25, 0.3) is 0 Å². The van der Waals surface area contributed by atoms with Gasteiger partial charge in [0, 0.05) is 43.4 Å². The molecule has 0 saturated carbocycles. The molecule has 0 fully saturated rings. The normalized spacial score (nSPS) is 10.6. The number of rotatable bonds is 4. The first-order valence-corrected chi connectivity index (χ1v) is 7.27. The molecule has 0 amide bonds. The summed E-state index contributed by atoms with van der Waals surface area (Å²) in [6, 6.07) is 16.3. The van der Waals surface area contributed by atoms with E-state index in [1.54, 1.807) is 0 Å². The third-order valence-corrected chi connectivity index (χ3v) is 3.75. The molecule has 4 heteroatoms. The lowest BCUT2D eigenvalue weighted by Crippen LogP contribution is -2.08. The molecule has 112 valence electrons. The molecule has 0 aliphatic rings. The molecule has 0 radical (unpaired) electrons. The van der Waals surface area contributed by atoms with Gasteiger partial charge in [-0.3, -0.25) is 0 Å². The first-order chi connectivity index (χ1) is 10.6. The number of hydrogen-bond donors (Lipinski definition) is 1. The number of benzene rings is 2. The molecule has 3 rings (SSSR count). The van der Waals surface area contributed by atoms with Crippen LogP contribution in [0.25, 0.3) is 11.4 Å². The number of nitrogen functional groups attached to an aromatic ring is 1. The molecule has 2 aromatic carbocycles. The third kappa shape index (κ3) is 2.81. The highest BCUT2D eigenvalue weighted by atomic mass is 15.1. The predicted octanol–water partition coefficient (Wildman–Crippen LogP) is 3.25. The van der Waals surface area contributed by atoms with Crippen LogP contribution in [0.3, 0.4) is 0 Å². The van der Waals surface area contributed by atoms with Crippen molar-refractivity contribution in [2.24, 2.45) is 0 Å². The van der Waals surface area contributed by atoms with E-state index in [-0.39, 0.29) is 0 Å². The molecule has 1 heterocycles. The average Bonchev–Trinajstić information content (AvgIpc) is 2.98. The van der Waals surface area contributed by atoms with E-state index in [0.29, 0.717) is 0 Å². The minimum atomic E-state index is 0.720. The molecule has 0 saturated heterocycles. The Kier molecular flexibility index (Phi) is 3.83. The smallest absolute Gasteiger partial charge is 0.140 e. The molecule has 3 aromatic rings. The maximum Gasteiger partial charge on any atom is 0.140 e. The first-order valence-electron chi connectivity index (χ1n) is 7.27. The Balaban J connectivity index is 1.90. The van der Waals surface area contributed by atoms with E-state index in [0.717, 1.165) is 29.2 Å². The first kappa shape index (κ1) is 14.2. The zero-order valence-corrected chi connectivity index (χ0v) is 12.9. The van der Waals surface area contributed by atoms with Crippen LogP contribution in [-0.4, -0.2) is 23.6 Å². The molecule has 0 aliphatic carbocycles. The Bertz CT molecular complexity index is 757. The lowest BCUT2D eigenvalue weighted by atomic mass is 10.1. The highest BCUT2D eigenvalue weighted by Crippen LogP contribution is 2.23. The van der Waals surface area contributed by atoms with Gasteiger partial charge in [-0.2, -0.15) is 0 Å². The molecule has 0 unspecified atom stereocenters. The lowest BCUT2D eigenvalue weighted by Gasteiger charge is -2.13. The summed E-state index contributed by atoms with van der Waals surface area (Å²) in [5.41, 5.74) is 10.2. The van der Waals surface area contributed by atoms with Gasteiger partial charge in [-0.05, 0) is 35.9 Å². The van der Waals surface area contributed by atoms with Crippen molar-refractivity contribution in [2.75, 3.05) is 24.7 Å². The van der Waals surface area contributed by atoms with Crippen LogP contribution in [0.1, 0.15) is 5.56 Å². The fourth-order valence-corrected chi connectivity index (χ4v) is 2.47. The SMILES string of the molecule is CN(C)c1ccc(-c2nccn2Cc2ccccc2N)cc1. The van der Waals surface area contributed by atoms with Crippen molar-refractivity contribution in [3.8, 4) is 11.4 Å². The quantitative estimate of drug-likeness (QED) is 0.751. The number of hydrogen-bond acceptors (Lipinski definition) is 3. The van der Waals surface area contributed by atoms with Gasteiger partial charge >= 0.3 is 0 Å². The van der Waals surface area contributed by atoms with Gasteiger partial charge in [0.2, 0.25) is 0 Å². The van der Waals surface area contributed by atoms with Gasteiger partial charge in [0.05, 0.1) is 6.54 Å². The summed E-state index contributed by atoms with van der Waals surface area (Å²) < 4.78 is 2.12.